The van der Waals surface area contributed by atoms with Gasteiger partial charge in [-0.15, -0.1) is 10.2 Å². The maximum Gasteiger partial charge on any atom is 0.408 e. The molecular weight excluding hydrogens is 505 g/mol. The Balaban J connectivity index is 0.00000107. The van der Waals surface area contributed by atoms with Gasteiger partial charge in [0, 0.05) is 30.7 Å². The number of nitrogens with zero attached hydrogens (tertiary/aromatic N) is 5. The quantitative estimate of drug-likeness (QED) is 0.320. The van der Waals surface area contributed by atoms with Gasteiger partial charge in [0.1, 0.15) is 29.6 Å². The Bertz CT molecular complexity index is 1410. The molecule has 1 fully saturated rings. The Morgan fingerprint density at radius 1 is 1.21 bits per heavy atom. The van der Waals surface area contributed by atoms with Gasteiger partial charge in [-0.3, -0.25) is 14.1 Å². The predicted molar refractivity (Wildman–Crippen MR) is 133 cm³/mol. The second kappa shape index (κ2) is 11.3. The number of hydrogen-bond donors (Lipinski definition) is 3. The summed E-state index contributed by atoms with van der Waals surface area (Å²) < 4.78 is 49.6. The summed E-state index contributed by atoms with van der Waals surface area (Å²) in [5.41, 5.74) is 7.36. The van der Waals surface area contributed by atoms with Crippen molar-refractivity contribution >= 4 is 23.0 Å². The van der Waals surface area contributed by atoms with Crippen molar-refractivity contribution in [2.75, 3.05) is 19.7 Å². The zero-order chi connectivity index (χ0) is 27.4. The van der Waals surface area contributed by atoms with Gasteiger partial charge in [0.2, 0.25) is 0 Å². The Hall–Kier alpha value is -3.81. The standard InChI is InChI=1S/C24H25F3N6O2.CH2O2/c1-14(34)13-35-19-4-2-3-15-5-7-18(29-21(15)19)23-31-30-20-8-6-16(11-33(20)23)22(24(25,26)27)32-10-9-17(28)12-32;2-1-3/h2-8,11,14,17,22,34H,9-10,12-13,28H2,1H3;1H,(H,2,3)/t14?,17?,22-;/m1./s1. The summed E-state index contributed by atoms with van der Waals surface area (Å²) in [5.74, 6) is 0.801. The minimum Gasteiger partial charge on any atom is -0.489 e. The van der Waals surface area contributed by atoms with Crippen LogP contribution in [-0.4, -0.2) is 79.2 Å². The van der Waals surface area contributed by atoms with Crippen molar-refractivity contribution in [3.63, 3.8) is 0 Å². The number of likely N-dealkylation sites (tertiary alicyclic amines) is 1. The molecule has 4 aromatic rings. The first-order valence-corrected chi connectivity index (χ1v) is 11.8. The lowest BCUT2D eigenvalue weighted by molar-refractivity contribution is -0.183. The molecule has 0 spiro atoms. The third kappa shape index (κ3) is 5.85. The smallest absolute Gasteiger partial charge is 0.408 e. The number of ether oxygens (including phenoxy) is 1. The number of aliphatic hydroxyl groups excluding tert-OH is 1. The van der Waals surface area contributed by atoms with Crippen LogP contribution in [0.5, 0.6) is 5.75 Å². The van der Waals surface area contributed by atoms with Crippen LogP contribution in [0.25, 0.3) is 28.1 Å². The van der Waals surface area contributed by atoms with Crippen molar-refractivity contribution in [2.24, 2.45) is 5.73 Å². The molecule has 1 saturated heterocycles. The molecule has 1 aliphatic rings. The molecule has 0 saturated carbocycles. The van der Waals surface area contributed by atoms with Crippen LogP contribution in [0, 0.1) is 0 Å². The average molecular weight is 533 g/mol. The number of para-hydroxylation sites is 1. The van der Waals surface area contributed by atoms with Crippen molar-refractivity contribution in [1.29, 1.82) is 0 Å². The van der Waals surface area contributed by atoms with Crippen LogP contribution < -0.4 is 10.5 Å². The lowest BCUT2D eigenvalue weighted by atomic mass is 10.1. The van der Waals surface area contributed by atoms with Crippen LogP contribution >= 0.6 is 0 Å². The second-order valence-corrected chi connectivity index (χ2v) is 8.99. The van der Waals surface area contributed by atoms with Crippen molar-refractivity contribution in [3.05, 3.63) is 54.2 Å². The summed E-state index contributed by atoms with van der Waals surface area (Å²) in [7, 11) is 0. The zero-order valence-electron chi connectivity index (χ0n) is 20.4. The number of alkyl halides is 3. The van der Waals surface area contributed by atoms with Gasteiger partial charge in [-0.25, -0.2) is 4.98 Å². The summed E-state index contributed by atoms with van der Waals surface area (Å²) in [4.78, 5) is 14.4. The van der Waals surface area contributed by atoms with Crippen LogP contribution in [0.4, 0.5) is 13.2 Å². The molecule has 3 aromatic heterocycles. The molecule has 3 atom stereocenters. The van der Waals surface area contributed by atoms with Crippen LogP contribution in [-0.2, 0) is 4.79 Å². The molecule has 13 heteroatoms. The molecule has 0 aliphatic carbocycles. The highest BCUT2D eigenvalue weighted by molar-refractivity contribution is 5.86. The fourth-order valence-corrected chi connectivity index (χ4v) is 4.47. The molecule has 4 N–H and O–H groups in total. The fourth-order valence-electron chi connectivity index (χ4n) is 4.47. The molecule has 0 radical (unpaired) electrons. The second-order valence-electron chi connectivity index (χ2n) is 8.99. The molecule has 1 aliphatic heterocycles. The lowest BCUT2D eigenvalue weighted by Gasteiger charge is -2.30. The molecule has 2 unspecified atom stereocenters. The first-order chi connectivity index (χ1) is 18.1. The number of carboxylic acid groups (broad SMARTS) is 1. The van der Waals surface area contributed by atoms with Gasteiger partial charge >= 0.3 is 6.18 Å². The van der Waals surface area contributed by atoms with Gasteiger partial charge in [0.25, 0.3) is 6.47 Å². The van der Waals surface area contributed by atoms with E-state index in [1.54, 1.807) is 19.1 Å². The van der Waals surface area contributed by atoms with Crippen LogP contribution in [0.2, 0.25) is 0 Å². The van der Waals surface area contributed by atoms with Crippen LogP contribution in [0.3, 0.4) is 0 Å². The molecule has 0 bridgehead atoms. The Labute approximate surface area is 215 Å². The van der Waals surface area contributed by atoms with E-state index in [0.717, 1.165) is 5.39 Å². The third-order valence-electron chi connectivity index (χ3n) is 6.06. The van der Waals surface area contributed by atoms with Gasteiger partial charge < -0.3 is 20.7 Å². The largest absolute Gasteiger partial charge is 0.489 e. The number of halogens is 3. The van der Waals surface area contributed by atoms with Gasteiger partial charge in [-0.2, -0.15) is 13.2 Å². The summed E-state index contributed by atoms with van der Waals surface area (Å²) in [6.07, 6.45) is -3.18. The molecule has 10 nitrogen and oxygen atoms in total. The van der Waals surface area contributed by atoms with E-state index in [9.17, 15) is 18.3 Å². The summed E-state index contributed by atoms with van der Waals surface area (Å²) >= 11 is 0. The molecule has 4 heterocycles. The number of carbonyl (C=O) groups is 1. The number of aliphatic hydroxyl groups is 1. The number of pyridine rings is 2. The molecule has 202 valence electrons. The monoisotopic (exact) mass is 532 g/mol. The maximum atomic E-state index is 14.1. The van der Waals surface area contributed by atoms with Gasteiger partial charge in [-0.1, -0.05) is 24.3 Å². The Kier molecular flexibility index (Phi) is 8.09. The molecule has 5 rings (SSSR count). The van der Waals surface area contributed by atoms with E-state index in [1.807, 2.05) is 18.2 Å². The van der Waals surface area contributed by atoms with Crippen molar-refractivity contribution in [2.45, 2.75) is 37.7 Å². The number of fused-ring (bicyclic) bond motifs is 2. The lowest BCUT2D eigenvalue weighted by Crippen LogP contribution is -2.38. The van der Waals surface area contributed by atoms with Gasteiger partial charge in [0.05, 0.1) is 6.10 Å². The van der Waals surface area contributed by atoms with E-state index < -0.39 is 18.3 Å². The van der Waals surface area contributed by atoms with E-state index in [4.69, 9.17) is 20.4 Å². The number of hydrogen-bond acceptors (Lipinski definition) is 8. The topological polar surface area (TPSA) is 139 Å². The molecular formula is C25H27F3N6O4. The highest BCUT2D eigenvalue weighted by Gasteiger charge is 2.46. The van der Waals surface area contributed by atoms with Crippen LogP contribution in [0.15, 0.2) is 48.7 Å². The summed E-state index contributed by atoms with van der Waals surface area (Å²) in [6.45, 7) is 1.92. The number of nitrogens with two attached hydrogens (primary N) is 1. The first-order valence-electron chi connectivity index (χ1n) is 11.8. The maximum absolute atomic E-state index is 14.1. The summed E-state index contributed by atoms with van der Waals surface area (Å²) in [5, 5.41) is 25.6. The number of aromatic nitrogens is 4. The van der Waals surface area contributed by atoms with E-state index in [1.165, 1.54) is 27.6 Å². The van der Waals surface area contributed by atoms with E-state index >= 15 is 0 Å². The predicted octanol–water partition coefficient (Wildman–Crippen LogP) is 3.04. The van der Waals surface area contributed by atoms with E-state index in [-0.39, 0.29) is 37.8 Å². The molecule has 1 aromatic carbocycles. The number of benzene rings is 1. The fraction of sp³-hybridized carbons (Fsp3) is 0.360. The number of rotatable bonds is 6. The minimum atomic E-state index is -4.47. The third-order valence-corrected chi connectivity index (χ3v) is 6.06. The molecule has 0 amide bonds. The molecule has 38 heavy (non-hydrogen) atoms. The highest BCUT2D eigenvalue weighted by atomic mass is 19.4. The van der Waals surface area contributed by atoms with Crippen molar-refractivity contribution in [3.8, 4) is 17.3 Å². The SMILES string of the molecule is CC(O)COc1cccc2ccc(-c3nnc4ccc([C@@H](N5CCC(N)C5)C(F)(F)F)cn34)nc12.O=CO. The Morgan fingerprint density at radius 3 is 2.63 bits per heavy atom. The van der Waals surface area contributed by atoms with Gasteiger partial charge in [0.15, 0.2) is 11.5 Å². The normalized spacial score (nSPS) is 17.7. The van der Waals surface area contributed by atoms with Crippen LogP contribution in [0.1, 0.15) is 24.9 Å². The first kappa shape index (κ1) is 27.2. The van der Waals surface area contributed by atoms with E-state index in [0.29, 0.717) is 34.9 Å². The Morgan fingerprint density at radius 2 is 1.97 bits per heavy atom. The zero-order valence-corrected chi connectivity index (χ0v) is 20.4. The van der Waals surface area contributed by atoms with Gasteiger partial charge in [-0.05, 0) is 37.1 Å². The summed E-state index contributed by atoms with van der Waals surface area (Å²) in [6, 6.07) is 9.92. The highest BCUT2D eigenvalue weighted by Crippen LogP contribution is 2.39. The van der Waals surface area contributed by atoms with Crippen molar-refractivity contribution in [1.82, 2.24) is 24.5 Å². The van der Waals surface area contributed by atoms with Crippen molar-refractivity contribution < 1.29 is 32.9 Å². The van der Waals surface area contributed by atoms with E-state index in [2.05, 4.69) is 15.2 Å². The minimum absolute atomic E-state index is 0.0851. The average Bonchev–Trinajstić information content (AvgIpc) is 3.48.